The third kappa shape index (κ3) is 4.27. The van der Waals surface area contributed by atoms with Gasteiger partial charge >= 0.3 is 0 Å². The fourth-order valence-corrected chi connectivity index (χ4v) is 1.59. The average molecular weight is 184 g/mol. The van der Waals surface area contributed by atoms with Crippen molar-refractivity contribution in [3.8, 4) is 0 Å². The number of hydrogen-bond acceptors (Lipinski definition) is 2. The van der Waals surface area contributed by atoms with Gasteiger partial charge < -0.3 is 10.6 Å². The van der Waals surface area contributed by atoms with E-state index in [1.807, 2.05) is 0 Å². The lowest BCUT2D eigenvalue weighted by atomic mass is 10.1. The maximum atomic E-state index is 11.3. The molecule has 0 unspecified atom stereocenters. The lowest BCUT2D eigenvalue weighted by molar-refractivity contribution is -0.121. The van der Waals surface area contributed by atoms with Gasteiger partial charge in [0.1, 0.15) is 0 Å². The van der Waals surface area contributed by atoms with E-state index in [1.165, 1.54) is 6.42 Å². The van der Waals surface area contributed by atoms with Crippen molar-refractivity contribution in [1.29, 1.82) is 0 Å². The highest BCUT2D eigenvalue weighted by atomic mass is 16.1. The van der Waals surface area contributed by atoms with Crippen LogP contribution in [0.2, 0.25) is 0 Å². The van der Waals surface area contributed by atoms with E-state index in [9.17, 15) is 4.79 Å². The van der Waals surface area contributed by atoms with Crippen LogP contribution in [-0.4, -0.2) is 25.5 Å². The largest absolute Gasteiger partial charge is 0.356 e. The molecule has 1 aliphatic heterocycles. The Morgan fingerprint density at radius 3 is 2.92 bits per heavy atom. The summed E-state index contributed by atoms with van der Waals surface area (Å²) in [5.41, 5.74) is 0. The highest BCUT2D eigenvalue weighted by Gasteiger charge is 2.15. The smallest absolute Gasteiger partial charge is 0.220 e. The first-order valence-corrected chi connectivity index (χ1v) is 5.16. The van der Waals surface area contributed by atoms with Gasteiger partial charge in [-0.3, -0.25) is 4.79 Å². The minimum absolute atomic E-state index is 0.196. The van der Waals surface area contributed by atoms with E-state index in [1.54, 1.807) is 0 Å². The zero-order chi connectivity index (χ0) is 9.68. The molecule has 0 radical (unpaired) electrons. The van der Waals surface area contributed by atoms with Crippen LogP contribution in [0.25, 0.3) is 0 Å². The van der Waals surface area contributed by atoms with Gasteiger partial charge in [-0.15, -0.1) is 0 Å². The van der Waals surface area contributed by atoms with Crippen LogP contribution in [0.1, 0.15) is 26.7 Å². The van der Waals surface area contributed by atoms with Crippen molar-refractivity contribution in [2.24, 2.45) is 11.8 Å². The summed E-state index contributed by atoms with van der Waals surface area (Å²) in [6.45, 7) is 7.14. The summed E-state index contributed by atoms with van der Waals surface area (Å²) >= 11 is 0. The molecule has 0 bridgehead atoms. The van der Waals surface area contributed by atoms with E-state index in [0.29, 0.717) is 18.3 Å². The number of nitrogens with one attached hydrogen (secondary N) is 2. The van der Waals surface area contributed by atoms with Gasteiger partial charge in [0.25, 0.3) is 0 Å². The second-order valence-corrected chi connectivity index (χ2v) is 4.26. The van der Waals surface area contributed by atoms with E-state index in [4.69, 9.17) is 0 Å². The van der Waals surface area contributed by atoms with Gasteiger partial charge in [0.15, 0.2) is 0 Å². The van der Waals surface area contributed by atoms with Gasteiger partial charge in [0.2, 0.25) is 5.91 Å². The van der Waals surface area contributed by atoms with Gasteiger partial charge in [-0.1, -0.05) is 13.8 Å². The molecule has 1 fully saturated rings. The SMILES string of the molecule is CC(C)CC(=O)NC[C@H]1CCNC1. The van der Waals surface area contributed by atoms with Crippen molar-refractivity contribution >= 4 is 5.91 Å². The van der Waals surface area contributed by atoms with Crippen LogP contribution in [-0.2, 0) is 4.79 Å². The summed E-state index contributed by atoms with van der Waals surface area (Å²) in [4.78, 5) is 11.3. The monoisotopic (exact) mass is 184 g/mol. The fourth-order valence-electron chi connectivity index (χ4n) is 1.59. The molecule has 0 aromatic carbocycles. The zero-order valence-electron chi connectivity index (χ0n) is 8.60. The molecule has 1 atom stereocenters. The van der Waals surface area contributed by atoms with Crippen LogP contribution in [0, 0.1) is 11.8 Å². The minimum Gasteiger partial charge on any atom is -0.356 e. The average Bonchev–Trinajstić information content (AvgIpc) is 2.51. The third-order valence-electron chi connectivity index (χ3n) is 2.34. The summed E-state index contributed by atoms with van der Waals surface area (Å²) in [7, 11) is 0. The first-order chi connectivity index (χ1) is 6.18. The number of rotatable bonds is 4. The second kappa shape index (κ2) is 5.22. The molecule has 0 saturated carbocycles. The Labute approximate surface area is 80.3 Å². The predicted molar refractivity (Wildman–Crippen MR) is 53.4 cm³/mol. The van der Waals surface area contributed by atoms with Crippen LogP contribution < -0.4 is 10.6 Å². The Morgan fingerprint density at radius 2 is 2.38 bits per heavy atom. The lowest BCUT2D eigenvalue weighted by Gasteiger charge is -2.10. The van der Waals surface area contributed by atoms with Crippen molar-refractivity contribution in [3.05, 3.63) is 0 Å². The highest BCUT2D eigenvalue weighted by molar-refractivity contribution is 5.76. The summed E-state index contributed by atoms with van der Waals surface area (Å²) in [5, 5.41) is 6.26. The molecule has 76 valence electrons. The van der Waals surface area contributed by atoms with E-state index >= 15 is 0 Å². The van der Waals surface area contributed by atoms with Crippen molar-refractivity contribution < 1.29 is 4.79 Å². The Morgan fingerprint density at radius 1 is 1.62 bits per heavy atom. The summed E-state index contributed by atoms with van der Waals surface area (Å²) in [6.07, 6.45) is 1.85. The standard InChI is InChI=1S/C10H20N2O/c1-8(2)5-10(13)12-7-9-3-4-11-6-9/h8-9,11H,3-7H2,1-2H3,(H,12,13)/t9-/m0/s1. The van der Waals surface area contributed by atoms with Crippen LogP contribution in [0.15, 0.2) is 0 Å². The molecule has 1 heterocycles. The number of carbonyl (C=O) groups excluding carboxylic acids is 1. The molecule has 3 heteroatoms. The number of hydrogen-bond donors (Lipinski definition) is 2. The molecule has 0 aromatic rings. The van der Waals surface area contributed by atoms with E-state index in [0.717, 1.165) is 19.6 Å². The van der Waals surface area contributed by atoms with Crippen molar-refractivity contribution in [3.63, 3.8) is 0 Å². The van der Waals surface area contributed by atoms with Crippen molar-refractivity contribution in [2.45, 2.75) is 26.7 Å². The second-order valence-electron chi connectivity index (χ2n) is 4.26. The van der Waals surface area contributed by atoms with Crippen LogP contribution in [0.3, 0.4) is 0 Å². The fraction of sp³-hybridized carbons (Fsp3) is 0.900. The van der Waals surface area contributed by atoms with Gasteiger partial charge in [-0.2, -0.15) is 0 Å². The van der Waals surface area contributed by atoms with Crippen LogP contribution in [0.4, 0.5) is 0 Å². The molecule has 0 spiro atoms. The summed E-state index contributed by atoms with van der Waals surface area (Å²) < 4.78 is 0. The van der Waals surface area contributed by atoms with Gasteiger partial charge in [0.05, 0.1) is 0 Å². The van der Waals surface area contributed by atoms with Gasteiger partial charge in [-0.25, -0.2) is 0 Å². The van der Waals surface area contributed by atoms with Crippen LogP contribution in [0.5, 0.6) is 0 Å². The zero-order valence-corrected chi connectivity index (χ0v) is 8.60. The van der Waals surface area contributed by atoms with E-state index in [2.05, 4.69) is 24.5 Å². The summed E-state index contributed by atoms with van der Waals surface area (Å²) in [5.74, 6) is 1.31. The quantitative estimate of drug-likeness (QED) is 0.677. The Balaban J connectivity index is 2.07. The predicted octanol–water partition coefficient (Wildman–Crippen LogP) is 0.758. The summed E-state index contributed by atoms with van der Waals surface area (Å²) in [6, 6.07) is 0. The Bertz CT molecular complexity index is 162. The van der Waals surface area contributed by atoms with Crippen LogP contribution >= 0.6 is 0 Å². The van der Waals surface area contributed by atoms with Gasteiger partial charge in [0, 0.05) is 13.0 Å². The first-order valence-electron chi connectivity index (χ1n) is 5.16. The minimum atomic E-state index is 0.196. The topological polar surface area (TPSA) is 41.1 Å². The third-order valence-corrected chi connectivity index (χ3v) is 2.34. The van der Waals surface area contributed by atoms with E-state index < -0.39 is 0 Å². The molecule has 0 aliphatic carbocycles. The van der Waals surface area contributed by atoms with Crippen molar-refractivity contribution in [1.82, 2.24) is 10.6 Å². The lowest BCUT2D eigenvalue weighted by Crippen LogP contribution is -2.30. The van der Waals surface area contributed by atoms with E-state index in [-0.39, 0.29) is 5.91 Å². The first kappa shape index (κ1) is 10.5. The highest BCUT2D eigenvalue weighted by Crippen LogP contribution is 2.06. The molecule has 3 nitrogen and oxygen atoms in total. The van der Waals surface area contributed by atoms with Gasteiger partial charge in [-0.05, 0) is 31.3 Å². The Hall–Kier alpha value is -0.570. The molecule has 1 aliphatic rings. The molecule has 1 amide bonds. The molecule has 13 heavy (non-hydrogen) atoms. The molecule has 1 rings (SSSR count). The number of carbonyl (C=O) groups is 1. The molecule has 1 saturated heterocycles. The number of amides is 1. The maximum Gasteiger partial charge on any atom is 0.220 e. The van der Waals surface area contributed by atoms with Crippen molar-refractivity contribution in [2.75, 3.05) is 19.6 Å². The Kier molecular flexibility index (Phi) is 4.22. The normalized spacial score (nSPS) is 22.2. The molecular formula is C10H20N2O. The molecule has 2 N–H and O–H groups in total. The molecule has 0 aromatic heterocycles. The molecular weight excluding hydrogens is 164 g/mol. The maximum absolute atomic E-state index is 11.3.